The van der Waals surface area contributed by atoms with Gasteiger partial charge in [-0.3, -0.25) is 9.59 Å². The maximum absolute atomic E-state index is 12.3. The summed E-state index contributed by atoms with van der Waals surface area (Å²) in [4.78, 5) is 27.7. The Balaban J connectivity index is 1.58. The Bertz CT molecular complexity index is 395. The van der Waals surface area contributed by atoms with Crippen molar-refractivity contribution in [3.8, 4) is 0 Å². The van der Waals surface area contributed by atoms with Crippen LogP contribution in [0.2, 0.25) is 0 Å². The molecule has 1 saturated carbocycles. The number of ether oxygens (including phenoxy) is 1. The molecule has 0 aromatic carbocycles. The monoisotopic (exact) mass is 280 g/mol. The molecule has 3 fully saturated rings. The van der Waals surface area contributed by atoms with E-state index in [2.05, 4.69) is 0 Å². The average Bonchev–Trinajstić information content (AvgIpc) is 2.53. The van der Waals surface area contributed by atoms with Crippen LogP contribution in [-0.2, 0) is 14.3 Å². The number of likely N-dealkylation sites (tertiary alicyclic amines) is 1. The number of hydrogen-bond donors (Lipinski definition) is 0. The van der Waals surface area contributed by atoms with E-state index in [1.165, 1.54) is 19.3 Å². The van der Waals surface area contributed by atoms with Gasteiger partial charge in [-0.15, -0.1) is 0 Å². The molecule has 0 aromatic rings. The van der Waals surface area contributed by atoms with Gasteiger partial charge in [-0.25, -0.2) is 0 Å². The molecule has 2 amide bonds. The summed E-state index contributed by atoms with van der Waals surface area (Å²) >= 11 is 0. The van der Waals surface area contributed by atoms with E-state index in [-0.39, 0.29) is 24.5 Å². The third kappa shape index (κ3) is 2.82. The van der Waals surface area contributed by atoms with Gasteiger partial charge in [-0.1, -0.05) is 6.42 Å². The lowest BCUT2D eigenvalue weighted by molar-refractivity contribution is -0.138. The van der Waals surface area contributed by atoms with E-state index >= 15 is 0 Å². The molecule has 0 spiro atoms. The molecule has 2 atom stereocenters. The van der Waals surface area contributed by atoms with E-state index in [1.54, 1.807) is 4.90 Å². The maximum atomic E-state index is 12.3. The van der Waals surface area contributed by atoms with E-state index in [0.29, 0.717) is 24.8 Å². The minimum Gasteiger partial charge on any atom is -0.368 e. The molecule has 2 heterocycles. The molecule has 1 aliphatic carbocycles. The highest BCUT2D eigenvalue weighted by molar-refractivity contribution is 5.78. The number of likely N-dealkylation sites (N-methyl/N-ethyl adjacent to an activating group) is 1. The Morgan fingerprint density at radius 3 is 2.80 bits per heavy atom. The van der Waals surface area contributed by atoms with Gasteiger partial charge in [0.1, 0.15) is 6.61 Å². The fraction of sp³-hybridized carbons (Fsp3) is 0.867. The first kappa shape index (κ1) is 13.9. The third-order valence-corrected chi connectivity index (χ3v) is 5.06. The Morgan fingerprint density at radius 2 is 2.10 bits per heavy atom. The van der Waals surface area contributed by atoms with Crippen LogP contribution >= 0.6 is 0 Å². The van der Waals surface area contributed by atoms with Crippen LogP contribution in [0.1, 0.15) is 32.1 Å². The van der Waals surface area contributed by atoms with Crippen molar-refractivity contribution < 1.29 is 14.3 Å². The van der Waals surface area contributed by atoms with Crippen LogP contribution in [0.15, 0.2) is 0 Å². The van der Waals surface area contributed by atoms with E-state index in [1.807, 2.05) is 11.9 Å². The van der Waals surface area contributed by atoms with Gasteiger partial charge in [-0.05, 0) is 25.2 Å². The molecular weight excluding hydrogens is 256 g/mol. The second-order valence-electron chi connectivity index (χ2n) is 6.51. The quantitative estimate of drug-likeness (QED) is 0.754. The van der Waals surface area contributed by atoms with Gasteiger partial charge < -0.3 is 14.5 Å². The Kier molecular flexibility index (Phi) is 3.96. The van der Waals surface area contributed by atoms with Crippen LogP contribution in [0.3, 0.4) is 0 Å². The fourth-order valence-electron chi connectivity index (χ4n) is 3.45. The fourth-order valence-corrected chi connectivity index (χ4v) is 3.45. The van der Waals surface area contributed by atoms with Gasteiger partial charge in [0.2, 0.25) is 11.8 Å². The Hall–Kier alpha value is -1.10. The van der Waals surface area contributed by atoms with E-state index < -0.39 is 0 Å². The van der Waals surface area contributed by atoms with Gasteiger partial charge >= 0.3 is 0 Å². The average molecular weight is 280 g/mol. The zero-order chi connectivity index (χ0) is 14.1. The largest absolute Gasteiger partial charge is 0.368 e. The number of hydrogen-bond acceptors (Lipinski definition) is 3. The molecule has 0 N–H and O–H groups in total. The molecule has 2 saturated heterocycles. The number of nitrogens with zero attached hydrogens (tertiary/aromatic N) is 2. The molecule has 3 rings (SSSR count). The summed E-state index contributed by atoms with van der Waals surface area (Å²) in [5.41, 5.74) is 0. The summed E-state index contributed by atoms with van der Waals surface area (Å²) < 4.78 is 5.70. The van der Waals surface area contributed by atoms with Crippen molar-refractivity contribution in [3.63, 3.8) is 0 Å². The number of amides is 2. The molecule has 112 valence electrons. The van der Waals surface area contributed by atoms with Crippen LogP contribution < -0.4 is 0 Å². The SMILES string of the molecule is CN1C[C@H]2CN(C(=O)CC3CCC3)CC[C@@H]2OCC1=O. The van der Waals surface area contributed by atoms with Crippen molar-refractivity contribution in [2.24, 2.45) is 11.8 Å². The molecule has 0 unspecified atom stereocenters. The molecule has 3 aliphatic rings. The Labute approximate surface area is 120 Å². The van der Waals surface area contributed by atoms with E-state index in [9.17, 15) is 9.59 Å². The summed E-state index contributed by atoms with van der Waals surface area (Å²) in [7, 11) is 1.82. The van der Waals surface area contributed by atoms with Crippen LogP contribution in [0.5, 0.6) is 0 Å². The predicted molar refractivity (Wildman–Crippen MR) is 74.0 cm³/mol. The highest BCUT2D eigenvalue weighted by Crippen LogP contribution is 2.31. The van der Waals surface area contributed by atoms with E-state index in [0.717, 1.165) is 19.5 Å². The summed E-state index contributed by atoms with van der Waals surface area (Å²) in [6.45, 7) is 2.42. The lowest BCUT2D eigenvalue weighted by Gasteiger charge is -2.38. The first-order valence-corrected chi connectivity index (χ1v) is 7.77. The summed E-state index contributed by atoms with van der Waals surface area (Å²) in [6, 6.07) is 0. The van der Waals surface area contributed by atoms with E-state index in [4.69, 9.17) is 4.74 Å². The lowest BCUT2D eigenvalue weighted by atomic mass is 9.82. The normalized spacial score (nSPS) is 31.6. The molecule has 5 nitrogen and oxygen atoms in total. The van der Waals surface area contributed by atoms with Crippen molar-refractivity contribution in [2.75, 3.05) is 33.3 Å². The van der Waals surface area contributed by atoms with Crippen molar-refractivity contribution in [1.29, 1.82) is 0 Å². The first-order chi connectivity index (χ1) is 9.63. The molecule has 20 heavy (non-hydrogen) atoms. The van der Waals surface area contributed by atoms with Crippen LogP contribution in [-0.4, -0.2) is 61.0 Å². The lowest BCUT2D eigenvalue weighted by Crippen LogP contribution is -2.49. The maximum Gasteiger partial charge on any atom is 0.248 e. The Morgan fingerprint density at radius 1 is 1.30 bits per heavy atom. The standard InChI is InChI=1S/C15H24N2O3/c1-16-8-12-9-17(14(18)7-11-3-2-4-11)6-5-13(12)20-10-15(16)19/h11-13H,2-10H2,1H3/t12-,13-/m0/s1. The summed E-state index contributed by atoms with van der Waals surface area (Å²) in [6.07, 6.45) is 5.42. The number of rotatable bonds is 2. The van der Waals surface area contributed by atoms with Crippen LogP contribution in [0.25, 0.3) is 0 Å². The van der Waals surface area contributed by atoms with Gasteiger partial charge in [0.15, 0.2) is 0 Å². The van der Waals surface area contributed by atoms with Crippen LogP contribution in [0, 0.1) is 11.8 Å². The van der Waals surface area contributed by atoms with Crippen molar-refractivity contribution in [2.45, 2.75) is 38.2 Å². The number of carbonyl (C=O) groups is 2. The van der Waals surface area contributed by atoms with Crippen molar-refractivity contribution in [3.05, 3.63) is 0 Å². The number of fused-ring (bicyclic) bond motifs is 1. The minimum absolute atomic E-state index is 0.0479. The molecule has 0 radical (unpaired) electrons. The predicted octanol–water partition coefficient (Wildman–Crippen LogP) is 0.882. The highest BCUT2D eigenvalue weighted by Gasteiger charge is 2.36. The van der Waals surface area contributed by atoms with Crippen molar-refractivity contribution >= 4 is 11.8 Å². The van der Waals surface area contributed by atoms with Gasteiger partial charge in [0, 0.05) is 39.0 Å². The smallest absolute Gasteiger partial charge is 0.248 e. The first-order valence-electron chi connectivity index (χ1n) is 7.77. The number of carbonyl (C=O) groups excluding carboxylic acids is 2. The zero-order valence-electron chi connectivity index (χ0n) is 12.2. The highest BCUT2D eigenvalue weighted by atomic mass is 16.5. The third-order valence-electron chi connectivity index (χ3n) is 5.06. The number of piperidine rings is 1. The molecule has 0 bridgehead atoms. The van der Waals surface area contributed by atoms with Gasteiger partial charge in [0.25, 0.3) is 0 Å². The minimum atomic E-state index is 0.0479. The molecular formula is C15H24N2O3. The molecule has 5 heteroatoms. The zero-order valence-corrected chi connectivity index (χ0v) is 12.2. The van der Waals surface area contributed by atoms with Gasteiger partial charge in [0.05, 0.1) is 6.10 Å². The summed E-state index contributed by atoms with van der Waals surface area (Å²) in [5, 5.41) is 0. The topological polar surface area (TPSA) is 49.9 Å². The summed E-state index contributed by atoms with van der Waals surface area (Å²) in [5.74, 6) is 1.23. The second kappa shape index (κ2) is 5.72. The second-order valence-corrected chi connectivity index (χ2v) is 6.51. The van der Waals surface area contributed by atoms with Gasteiger partial charge in [-0.2, -0.15) is 0 Å². The molecule has 0 aromatic heterocycles. The molecule has 2 aliphatic heterocycles. The van der Waals surface area contributed by atoms with Crippen molar-refractivity contribution in [1.82, 2.24) is 9.80 Å². The van der Waals surface area contributed by atoms with Crippen LogP contribution in [0.4, 0.5) is 0 Å².